The molecule has 2 atom stereocenters. The third-order valence-corrected chi connectivity index (χ3v) is 4.31. The van der Waals surface area contributed by atoms with E-state index in [0.717, 1.165) is 6.26 Å². The molecule has 0 spiro atoms. The maximum atomic E-state index is 11.1. The number of rotatable bonds is 5. The lowest BCUT2D eigenvalue weighted by Gasteiger charge is -2.29. The zero-order valence-corrected chi connectivity index (χ0v) is 12.2. The van der Waals surface area contributed by atoms with Gasteiger partial charge in [0.1, 0.15) is 5.75 Å². The van der Waals surface area contributed by atoms with E-state index in [4.69, 9.17) is 4.52 Å². The minimum atomic E-state index is -3.11. The molecule has 1 saturated carbocycles. The van der Waals surface area contributed by atoms with Crippen LogP contribution in [0.3, 0.4) is 0 Å². The van der Waals surface area contributed by atoms with Crippen LogP contribution >= 0.6 is 0 Å². The van der Waals surface area contributed by atoms with E-state index in [-0.39, 0.29) is 11.6 Å². The highest BCUT2D eigenvalue weighted by Gasteiger charge is 2.21. The van der Waals surface area contributed by atoms with Crippen LogP contribution in [-0.2, 0) is 22.1 Å². The summed E-state index contributed by atoms with van der Waals surface area (Å²) < 4.78 is 27.3. The van der Waals surface area contributed by atoms with Crippen LogP contribution < -0.4 is 5.32 Å². The van der Waals surface area contributed by atoms with Gasteiger partial charge in [0.15, 0.2) is 15.7 Å². The zero-order valence-electron chi connectivity index (χ0n) is 11.4. The maximum absolute atomic E-state index is 11.1. The Morgan fingerprint density at radius 3 is 2.79 bits per heavy atom. The summed E-state index contributed by atoms with van der Waals surface area (Å²) in [6, 6.07) is 0.485. The topological polar surface area (TPSA) is 85.1 Å². The van der Waals surface area contributed by atoms with Gasteiger partial charge in [-0.15, -0.1) is 0 Å². The Hall–Kier alpha value is -0.950. The van der Waals surface area contributed by atoms with Crippen molar-refractivity contribution in [2.75, 3.05) is 6.26 Å². The molecule has 1 aromatic heterocycles. The second-order valence-electron chi connectivity index (χ2n) is 5.42. The van der Waals surface area contributed by atoms with Gasteiger partial charge in [-0.1, -0.05) is 24.9 Å². The highest BCUT2D eigenvalue weighted by molar-refractivity contribution is 7.89. The van der Waals surface area contributed by atoms with Gasteiger partial charge in [0.25, 0.3) is 0 Å². The summed E-state index contributed by atoms with van der Waals surface area (Å²) in [6.07, 6.45) is 6.14. The van der Waals surface area contributed by atoms with E-state index in [1.807, 2.05) is 0 Å². The molecule has 6 nitrogen and oxygen atoms in total. The van der Waals surface area contributed by atoms with Crippen molar-refractivity contribution >= 4 is 9.84 Å². The molecule has 1 aromatic rings. The predicted molar refractivity (Wildman–Crippen MR) is 71.1 cm³/mol. The lowest BCUT2D eigenvalue weighted by Crippen LogP contribution is -2.36. The number of hydrogen-bond donors (Lipinski definition) is 1. The Labute approximate surface area is 113 Å². The average Bonchev–Trinajstić information content (AvgIpc) is 2.73. The fraction of sp³-hybridized carbons (Fsp3) is 0.833. The molecule has 1 aliphatic rings. The second kappa shape index (κ2) is 6.00. The van der Waals surface area contributed by atoms with Gasteiger partial charge in [-0.2, -0.15) is 4.98 Å². The van der Waals surface area contributed by atoms with Gasteiger partial charge in [0.2, 0.25) is 5.89 Å². The molecule has 19 heavy (non-hydrogen) atoms. The number of nitrogens with one attached hydrogen (secondary N) is 1. The lowest BCUT2D eigenvalue weighted by atomic mass is 9.86. The first-order valence-corrected chi connectivity index (χ1v) is 8.72. The SMILES string of the molecule is CC1CCCCC1NCc1nc(CS(C)(=O)=O)no1. The average molecular weight is 287 g/mol. The van der Waals surface area contributed by atoms with Crippen molar-refractivity contribution in [1.29, 1.82) is 0 Å². The molecule has 0 saturated heterocycles. The van der Waals surface area contributed by atoms with Crippen molar-refractivity contribution in [1.82, 2.24) is 15.5 Å². The van der Waals surface area contributed by atoms with Gasteiger partial charge >= 0.3 is 0 Å². The summed E-state index contributed by atoms with van der Waals surface area (Å²) >= 11 is 0. The highest BCUT2D eigenvalue weighted by Crippen LogP contribution is 2.23. The van der Waals surface area contributed by atoms with E-state index in [2.05, 4.69) is 22.4 Å². The quantitative estimate of drug-likeness (QED) is 0.878. The molecule has 1 fully saturated rings. The van der Waals surface area contributed by atoms with Crippen molar-refractivity contribution in [3.8, 4) is 0 Å². The van der Waals surface area contributed by atoms with Gasteiger partial charge in [0.05, 0.1) is 6.54 Å². The first-order valence-electron chi connectivity index (χ1n) is 6.66. The van der Waals surface area contributed by atoms with Crippen LogP contribution in [0.4, 0.5) is 0 Å². The summed E-state index contributed by atoms with van der Waals surface area (Å²) in [5.41, 5.74) is 0. The second-order valence-corrected chi connectivity index (χ2v) is 7.56. The minimum absolute atomic E-state index is 0.170. The molecule has 2 unspecified atom stereocenters. The first-order chi connectivity index (χ1) is 8.94. The number of hydrogen-bond acceptors (Lipinski definition) is 6. The van der Waals surface area contributed by atoms with Crippen LogP contribution in [0.1, 0.15) is 44.3 Å². The van der Waals surface area contributed by atoms with Crippen LogP contribution in [-0.4, -0.2) is 30.9 Å². The van der Waals surface area contributed by atoms with Crippen LogP contribution in [0.2, 0.25) is 0 Å². The summed E-state index contributed by atoms with van der Waals surface area (Å²) in [4.78, 5) is 4.09. The lowest BCUT2D eigenvalue weighted by molar-refractivity contribution is 0.265. The van der Waals surface area contributed by atoms with Crippen molar-refractivity contribution in [2.45, 2.75) is 50.9 Å². The Balaban J connectivity index is 1.86. The molecule has 2 rings (SSSR count). The fourth-order valence-corrected chi connectivity index (χ4v) is 3.08. The third-order valence-electron chi connectivity index (χ3n) is 3.53. The molecule has 0 bridgehead atoms. The minimum Gasteiger partial charge on any atom is -0.338 e. The molecule has 108 valence electrons. The smallest absolute Gasteiger partial charge is 0.240 e. The molecule has 7 heteroatoms. The molecule has 0 aliphatic heterocycles. The van der Waals surface area contributed by atoms with Crippen LogP contribution in [0, 0.1) is 5.92 Å². The van der Waals surface area contributed by atoms with Crippen molar-refractivity contribution in [3.63, 3.8) is 0 Å². The predicted octanol–water partition coefficient (Wildman–Crippen LogP) is 1.28. The molecule has 1 aliphatic carbocycles. The van der Waals surface area contributed by atoms with Gasteiger partial charge < -0.3 is 9.84 Å². The molecule has 1 heterocycles. The van der Waals surface area contributed by atoms with Gasteiger partial charge in [-0.3, -0.25) is 0 Å². The molecule has 0 aromatic carbocycles. The Morgan fingerprint density at radius 2 is 2.11 bits per heavy atom. The fourth-order valence-electron chi connectivity index (χ4n) is 2.49. The van der Waals surface area contributed by atoms with Crippen molar-refractivity contribution in [3.05, 3.63) is 11.7 Å². The number of sulfone groups is 1. The van der Waals surface area contributed by atoms with Crippen LogP contribution in [0.25, 0.3) is 0 Å². The molecule has 1 N–H and O–H groups in total. The molecular formula is C12H21N3O3S. The normalized spacial score (nSPS) is 24.5. The van der Waals surface area contributed by atoms with Gasteiger partial charge in [0, 0.05) is 12.3 Å². The van der Waals surface area contributed by atoms with E-state index in [0.29, 0.717) is 24.4 Å². The largest absolute Gasteiger partial charge is 0.338 e. The first kappa shape index (κ1) is 14.5. The Kier molecular flexibility index (Phi) is 4.57. The summed E-state index contributed by atoms with van der Waals surface area (Å²) in [7, 11) is -3.11. The van der Waals surface area contributed by atoms with Crippen LogP contribution in [0.15, 0.2) is 4.52 Å². The maximum Gasteiger partial charge on any atom is 0.240 e. The molecular weight excluding hydrogens is 266 g/mol. The summed E-state index contributed by atoms with van der Waals surface area (Å²) in [5.74, 6) is 1.18. The summed E-state index contributed by atoms with van der Waals surface area (Å²) in [6.45, 7) is 2.76. The van der Waals surface area contributed by atoms with E-state index in [9.17, 15) is 8.42 Å². The zero-order chi connectivity index (χ0) is 13.9. The molecule has 0 radical (unpaired) electrons. The van der Waals surface area contributed by atoms with Gasteiger partial charge in [-0.25, -0.2) is 8.42 Å². The summed E-state index contributed by atoms with van der Waals surface area (Å²) in [5, 5.41) is 7.10. The van der Waals surface area contributed by atoms with Crippen LogP contribution in [0.5, 0.6) is 0 Å². The van der Waals surface area contributed by atoms with E-state index < -0.39 is 9.84 Å². The number of nitrogens with zero attached hydrogens (tertiary/aromatic N) is 2. The number of aromatic nitrogens is 2. The van der Waals surface area contributed by atoms with Crippen molar-refractivity contribution in [2.24, 2.45) is 5.92 Å². The van der Waals surface area contributed by atoms with E-state index in [1.165, 1.54) is 25.7 Å². The Morgan fingerprint density at radius 1 is 1.37 bits per heavy atom. The van der Waals surface area contributed by atoms with E-state index >= 15 is 0 Å². The third kappa shape index (κ3) is 4.58. The van der Waals surface area contributed by atoms with Crippen molar-refractivity contribution < 1.29 is 12.9 Å². The Bertz CT molecular complexity index is 512. The standard InChI is InChI=1S/C12H21N3O3S/c1-9-5-3-4-6-10(9)13-7-12-14-11(15-18-12)8-19(2,16)17/h9-10,13H,3-8H2,1-2H3. The monoisotopic (exact) mass is 287 g/mol. The van der Waals surface area contributed by atoms with Gasteiger partial charge in [-0.05, 0) is 18.8 Å². The van der Waals surface area contributed by atoms with E-state index in [1.54, 1.807) is 0 Å². The molecule has 0 amide bonds. The highest BCUT2D eigenvalue weighted by atomic mass is 32.2.